The number of hydrogen-bond donors (Lipinski definition) is 4. The maximum absolute atomic E-state index is 15.6. The minimum absolute atomic E-state index is 0.0819. The first-order valence-electron chi connectivity index (χ1n) is 31.6. The number of carbonyl (C=O) groups excluding carboxylic acids is 2. The number of H-pyrrole nitrogens is 1. The molecule has 7 heterocycles. The first-order chi connectivity index (χ1) is 41.5. The van der Waals surface area contributed by atoms with E-state index in [2.05, 4.69) is 112 Å². The Morgan fingerprint density at radius 1 is 0.920 bits per heavy atom. The van der Waals surface area contributed by atoms with E-state index in [0.29, 0.717) is 121 Å². The van der Waals surface area contributed by atoms with Gasteiger partial charge in [0.2, 0.25) is 0 Å². The van der Waals surface area contributed by atoms with Crippen LogP contribution in [0.15, 0.2) is 72.3 Å². The van der Waals surface area contributed by atoms with Gasteiger partial charge in [0.25, 0.3) is 0 Å². The molecule has 22 heteroatoms. The van der Waals surface area contributed by atoms with Crippen LogP contribution in [0.3, 0.4) is 0 Å². The third kappa shape index (κ3) is 12.1. The van der Waals surface area contributed by atoms with E-state index in [1.807, 2.05) is 62.6 Å². The van der Waals surface area contributed by atoms with Gasteiger partial charge in [0, 0.05) is 114 Å². The van der Waals surface area contributed by atoms with Gasteiger partial charge in [-0.05, 0) is 127 Å². The fraction of sp³-hybridized carbons (Fsp3) is 0.631. The largest absolute Gasteiger partial charge is 0.496 e. The molecule has 4 N–H and O–H groups in total. The minimum Gasteiger partial charge on any atom is -0.496 e. The number of aromatic nitrogens is 6. The highest BCUT2D eigenvalue weighted by molar-refractivity contribution is 8.00. The summed E-state index contributed by atoms with van der Waals surface area (Å²) in [6, 6.07) is 12.0. The van der Waals surface area contributed by atoms with Gasteiger partial charge in [0.15, 0.2) is 33.2 Å². The van der Waals surface area contributed by atoms with Crippen LogP contribution < -0.4 is 9.64 Å². The summed E-state index contributed by atoms with van der Waals surface area (Å²) in [5.41, 5.74) is 0.109. The quantitative estimate of drug-likeness (QED) is 0.0114. The average Bonchev–Trinajstić information content (AvgIpc) is 1.52. The zero-order valence-corrected chi connectivity index (χ0v) is 56.3. The van der Waals surface area contributed by atoms with E-state index in [0.717, 1.165) is 62.5 Å². The summed E-state index contributed by atoms with van der Waals surface area (Å²) in [6.45, 7) is 22.2. The van der Waals surface area contributed by atoms with Gasteiger partial charge in [0.1, 0.15) is 23.0 Å². The van der Waals surface area contributed by atoms with Crippen molar-refractivity contribution in [3.8, 4) is 5.75 Å². The van der Waals surface area contributed by atoms with Crippen LogP contribution >= 0.6 is 11.8 Å². The predicted molar refractivity (Wildman–Crippen MR) is 343 cm³/mol. The Bertz CT molecular complexity index is 3290. The van der Waals surface area contributed by atoms with Gasteiger partial charge in [-0.2, -0.15) is 0 Å². The first-order valence-corrected chi connectivity index (χ1v) is 38.8. The summed E-state index contributed by atoms with van der Waals surface area (Å²) in [7, 11) is 2.61. The van der Waals surface area contributed by atoms with Gasteiger partial charge < -0.3 is 53.2 Å². The fourth-order valence-corrected chi connectivity index (χ4v) is 26.9. The van der Waals surface area contributed by atoms with Crippen molar-refractivity contribution in [2.45, 2.75) is 176 Å². The van der Waals surface area contributed by atoms with Gasteiger partial charge in [-0.3, -0.25) is 14.5 Å². The Kier molecular flexibility index (Phi) is 19.3. The first kappa shape index (κ1) is 65.1. The van der Waals surface area contributed by atoms with Crippen molar-refractivity contribution in [2.75, 3.05) is 84.6 Å². The van der Waals surface area contributed by atoms with Gasteiger partial charge in [-0.1, -0.05) is 74.5 Å². The number of unbranched alkanes of at least 4 members (excludes halogenated alkanes) is 1. The standard InChI is InChI=1S/C65H95N9O10SSi2/c1-13-61(78)35-44(4)36-64(59(77)81-8,55-48(24-28-71(5)42-61)47-21-16-17-22-51(47)68-55)50-33-49-52(34-53(50)80-7)72(6)57-63(49)26-29-73-27-20-25-62(14-2,56(63)73)58(76)65(57,79)54(75)23-18-19-32-86(9,10)84-87(11,12)43-85-60-66-37-45(38-67-60)39-74-40-46(69-70-74)41-83-31-30-82-15-3/h16-17,20-22,25,33-34,37-38,40,44,56-58,68,76,78-79H,13-15,18-19,23-24,26-32,35-36,39,41-43H2,1-12H3/t44-,56-,57+,58+,61-,62+,63+,64-,65-/m0/s1. The van der Waals surface area contributed by atoms with Crippen molar-refractivity contribution < 1.29 is 48.0 Å². The number of Topliss-reactive ketones (excluding diaryl/α,β-unsaturated/α-hetero) is 1. The maximum atomic E-state index is 15.6. The monoisotopic (exact) mass is 1250 g/mol. The molecule has 3 aromatic heterocycles. The van der Waals surface area contributed by atoms with Crippen LogP contribution in [0.1, 0.15) is 113 Å². The molecule has 87 heavy (non-hydrogen) atoms. The third-order valence-corrected chi connectivity index (χ3v) is 29.8. The molecule has 4 aliphatic heterocycles. The van der Waals surface area contributed by atoms with Gasteiger partial charge in [0.05, 0.1) is 58.4 Å². The third-order valence-electron chi connectivity index (χ3n) is 20.0. The highest BCUT2D eigenvalue weighted by atomic mass is 32.2. The molecule has 1 spiro atoms. The van der Waals surface area contributed by atoms with Crippen molar-refractivity contribution in [3.05, 3.63) is 101 Å². The molecular formula is C65H95N9O10SSi2. The number of para-hydroxylation sites is 1. The summed E-state index contributed by atoms with van der Waals surface area (Å²) in [6.07, 6.45) is 12.6. The highest BCUT2D eigenvalue weighted by Gasteiger charge is 2.78. The Morgan fingerprint density at radius 2 is 1.68 bits per heavy atom. The number of thioether (sulfide) groups is 1. The summed E-state index contributed by atoms with van der Waals surface area (Å²) >= 11 is 1.61. The van der Waals surface area contributed by atoms with Crippen LogP contribution in [0, 0.1) is 11.3 Å². The summed E-state index contributed by atoms with van der Waals surface area (Å²) in [5.74, 6) is -0.527. The number of fused-ring (bicyclic) bond motifs is 4. The second-order valence-corrected chi connectivity index (χ2v) is 37.1. The number of aliphatic hydroxyl groups excluding tert-OH is 1. The Balaban J connectivity index is 0.909. The number of benzene rings is 2. The molecule has 0 bridgehead atoms. The van der Waals surface area contributed by atoms with Crippen LogP contribution in [0.2, 0.25) is 32.2 Å². The van der Waals surface area contributed by atoms with E-state index in [1.165, 1.54) is 7.11 Å². The molecule has 0 radical (unpaired) electrons. The number of aliphatic hydroxyl groups is 3. The minimum atomic E-state index is -2.25. The molecule has 10 rings (SSSR count). The van der Waals surface area contributed by atoms with Crippen LogP contribution in [0.4, 0.5) is 5.69 Å². The number of nitrogens with zero attached hydrogens (tertiary/aromatic N) is 8. The van der Waals surface area contributed by atoms with Crippen molar-refractivity contribution in [2.24, 2.45) is 11.3 Å². The fourth-order valence-electron chi connectivity index (χ4n) is 16.5. The van der Waals surface area contributed by atoms with Crippen molar-refractivity contribution in [3.63, 3.8) is 0 Å². The number of methoxy groups -OCH3 is 2. The predicted octanol–water partition coefficient (Wildman–Crippen LogP) is 8.36. The van der Waals surface area contributed by atoms with E-state index in [-0.39, 0.29) is 24.2 Å². The van der Waals surface area contributed by atoms with Crippen LogP contribution in [0.5, 0.6) is 5.75 Å². The lowest BCUT2D eigenvalue weighted by Crippen LogP contribution is -2.80. The van der Waals surface area contributed by atoms with E-state index < -0.39 is 62.2 Å². The molecule has 9 atom stereocenters. The Labute approximate surface area is 520 Å². The van der Waals surface area contributed by atoms with Crippen molar-refractivity contribution in [1.29, 1.82) is 0 Å². The molecule has 0 amide bonds. The molecule has 1 aliphatic carbocycles. The molecule has 0 unspecified atom stereocenters. The average molecular weight is 1250 g/mol. The summed E-state index contributed by atoms with van der Waals surface area (Å²) in [5, 5.41) is 50.4. The molecule has 474 valence electrons. The maximum Gasteiger partial charge on any atom is 0.322 e. The summed E-state index contributed by atoms with van der Waals surface area (Å²) in [4.78, 5) is 51.1. The number of β-amino-alcohol motifs (C(OH)–C–C–N with tert-alkyl or cyclic N) is 1. The second kappa shape index (κ2) is 25.8. The number of likely N-dealkylation sites (N-methyl/N-ethyl adjacent to an activating group) is 2. The molecule has 2 aromatic carbocycles. The van der Waals surface area contributed by atoms with Gasteiger partial charge >= 0.3 is 5.97 Å². The number of rotatable bonds is 24. The van der Waals surface area contributed by atoms with Gasteiger partial charge in [-0.15, -0.1) is 5.10 Å². The lowest BCUT2D eigenvalue weighted by molar-refractivity contribution is -0.202. The van der Waals surface area contributed by atoms with Crippen molar-refractivity contribution in [1.82, 2.24) is 39.7 Å². The van der Waals surface area contributed by atoms with Crippen LogP contribution in [0.25, 0.3) is 10.9 Å². The van der Waals surface area contributed by atoms with Crippen LogP contribution in [-0.2, 0) is 58.3 Å². The number of esters is 1. The van der Waals surface area contributed by atoms with E-state index in [4.69, 9.17) is 23.1 Å². The molecule has 2 fully saturated rings. The number of ether oxygens (including phenoxy) is 4. The van der Waals surface area contributed by atoms with Crippen molar-refractivity contribution >= 4 is 56.7 Å². The Hall–Kier alpha value is -4.86. The summed E-state index contributed by atoms with van der Waals surface area (Å²) < 4.78 is 32.4. The normalized spacial score (nSPS) is 28.5. The van der Waals surface area contributed by atoms with E-state index >= 15 is 9.59 Å². The number of ketones is 1. The molecule has 5 aliphatic rings. The lowest BCUT2D eigenvalue weighted by Gasteiger charge is -2.63. The molecular weight excluding hydrogens is 1160 g/mol. The number of hydrogen-bond acceptors (Lipinski definition) is 18. The SMILES string of the molecule is CCOCCOCc1cn(Cc2cnc(SC[Si](C)(C)O[Si](C)(C)CCCCC(=O)[C@@]3(O)[C@H](O)[C@]4(CC)C=CCN5CC[C@@]6(c7cc([C@@]8(C(=O)OC)C[C@@H](C)C[C@@](O)(CC)CN(C)CCc9c8[nH]c8ccccc98)c(OC)cc7N(C)[C@@H]36)[C@@H]54)nc2)nn1. The number of carbonyl (C=O) groups is 2. The number of anilines is 1. The lowest BCUT2D eigenvalue weighted by atomic mass is 9.47. The van der Waals surface area contributed by atoms with Crippen LogP contribution in [-0.4, -0.2) is 193 Å². The molecule has 1 saturated heterocycles. The number of nitrogens with one attached hydrogen (secondary N) is 1. The second-order valence-electron chi connectivity index (χ2n) is 26.9. The molecule has 19 nitrogen and oxygen atoms in total. The van der Waals surface area contributed by atoms with Gasteiger partial charge in [-0.25, -0.2) is 14.6 Å². The zero-order chi connectivity index (χ0) is 62.3. The highest BCUT2D eigenvalue weighted by Crippen LogP contribution is 2.68. The molecule has 1 saturated carbocycles. The zero-order valence-electron chi connectivity index (χ0n) is 53.5. The smallest absolute Gasteiger partial charge is 0.322 e. The van der Waals surface area contributed by atoms with E-state index in [1.54, 1.807) is 23.6 Å². The Morgan fingerprint density at radius 3 is 2.40 bits per heavy atom. The molecule has 5 aromatic rings. The number of aromatic amines is 1. The van der Waals surface area contributed by atoms with E-state index in [9.17, 15) is 15.3 Å². The topological polar surface area (TPSA) is 223 Å².